The van der Waals surface area contributed by atoms with Crippen LogP contribution in [0.3, 0.4) is 0 Å². The van der Waals surface area contributed by atoms with Crippen molar-refractivity contribution in [3.8, 4) is 0 Å². The van der Waals surface area contributed by atoms with E-state index in [1.54, 1.807) is 5.57 Å². The Kier molecular flexibility index (Phi) is 2.14. The van der Waals surface area contributed by atoms with Crippen molar-refractivity contribution in [3.05, 3.63) is 11.6 Å². The number of rotatable bonds is 1. The molecule has 0 aromatic heterocycles. The monoisotopic (exact) mass is 193 g/mol. The maximum absolute atomic E-state index is 6.21. The first-order chi connectivity index (χ1) is 6.86. The summed E-state index contributed by atoms with van der Waals surface area (Å²) in [5, 5.41) is 3.27. The molecule has 1 atom stereocenters. The molecule has 1 spiro atoms. The number of hydrogen-bond donors (Lipinski definition) is 1. The topological polar surface area (TPSA) is 21.3 Å². The second-order valence-electron chi connectivity index (χ2n) is 5.01. The fourth-order valence-corrected chi connectivity index (χ4v) is 3.00. The molecule has 3 rings (SSSR count). The van der Waals surface area contributed by atoms with Gasteiger partial charge in [-0.1, -0.05) is 18.9 Å². The van der Waals surface area contributed by atoms with E-state index >= 15 is 0 Å². The van der Waals surface area contributed by atoms with Crippen molar-refractivity contribution >= 4 is 0 Å². The van der Waals surface area contributed by atoms with Gasteiger partial charge in [0.1, 0.15) is 0 Å². The van der Waals surface area contributed by atoms with Gasteiger partial charge in [-0.3, -0.25) is 0 Å². The van der Waals surface area contributed by atoms with Crippen LogP contribution in [0.15, 0.2) is 11.6 Å². The first kappa shape index (κ1) is 8.93. The molecule has 2 saturated heterocycles. The van der Waals surface area contributed by atoms with E-state index in [0.29, 0.717) is 11.7 Å². The fourth-order valence-electron chi connectivity index (χ4n) is 3.00. The SMILES string of the molecule is C(=C1CNC1)C1CCC2(CCCC2)O1. The lowest BCUT2D eigenvalue weighted by Crippen LogP contribution is -2.34. The lowest BCUT2D eigenvalue weighted by atomic mass is 9.98. The zero-order valence-corrected chi connectivity index (χ0v) is 8.72. The van der Waals surface area contributed by atoms with Crippen molar-refractivity contribution < 1.29 is 4.74 Å². The van der Waals surface area contributed by atoms with Crippen LogP contribution in [0.25, 0.3) is 0 Å². The van der Waals surface area contributed by atoms with E-state index < -0.39 is 0 Å². The predicted octanol–water partition coefficient (Wildman–Crippen LogP) is 2.01. The summed E-state index contributed by atoms with van der Waals surface area (Å²) >= 11 is 0. The van der Waals surface area contributed by atoms with Crippen LogP contribution in [0.2, 0.25) is 0 Å². The average Bonchev–Trinajstić information content (AvgIpc) is 2.71. The van der Waals surface area contributed by atoms with Gasteiger partial charge in [0.25, 0.3) is 0 Å². The van der Waals surface area contributed by atoms with Crippen molar-refractivity contribution in [1.29, 1.82) is 0 Å². The summed E-state index contributed by atoms with van der Waals surface area (Å²) in [5.74, 6) is 0. The van der Waals surface area contributed by atoms with Crippen LogP contribution in [-0.4, -0.2) is 24.8 Å². The van der Waals surface area contributed by atoms with Crippen molar-refractivity contribution in [2.24, 2.45) is 0 Å². The molecule has 1 N–H and O–H groups in total. The predicted molar refractivity (Wildman–Crippen MR) is 56.3 cm³/mol. The van der Waals surface area contributed by atoms with Gasteiger partial charge in [0.05, 0.1) is 11.7 Å². The first-order valence-electron chi connectivity index (χ1n) is 5.94. The van der Waals surface area contributed by atoms with Gasteiger partial charge >= 0.3 is 0 Å². The Labute approximate surface area is 85.7 Å². The summed E-state index contributed by atoms with van der Waals surface area (Å²) in [6.45, 7) is 2.18. The summed E-state index contributed by atoms with van der Waals surface area (Å²) in [6, 6.07) is 0. The highest BCUT2D eigenvalue weighted by Gasteiger charge is 2.41. The van der Waals surface area contributed by atoms with E-state index in [1.807, 2.05) is 0 Å². The van der Waals surface area contributed by atoms with E-state index in [1.165, 1.54) is 38.5 Å². The van der Waals surface area contributed by atoms with Gasteiger partial charge < -0.3 is 10.1 Å². The molecule has 0 amide bonds. The molecule has 1 saturated carbocycles. The third kappa shape index (κ3) is 1.51. The van der Waals surface area contributed by atoms with Gasteiger partial charge in [0.2, 0.25) is 0 Å². The molecule has 1 aliphatic carbocycles. The van der Waals surface area contributed by atoms with E-state index in [4.69, 9.17) is 4.74 Å². The van der Waals surface area contributed by atoms with Gasteiger partial charge in [-0.15, -0.1) is 0 Å². The van der Waals surface area contributed by atoms with E-state index in [0.717, 1.165) is 13.1 Å². The Morgan fingerprint density at radius 3 is 2.64 bits per heavy atom. The molecular weight excluding hydrogens is 174 g/mol. The molecule has 2 heterocycles. The molecule has 1 unspecified atom stereocenters. The standard InChI is InChI=1S/C12H19NO/c1-2-5-12(4-1)6-3-11(14-12)7-10-8-13-9-10/h7,11,13H,1-6,8-9H2. The van der Waals surface area contributed by atoms with Crippen molar-refractivity contribution in [1.82, 2.24) is 5.32 Å². The van der Waals surface area contributed by atoms with Gasteiger partial charge in [-0.05, 0) is 31.3 Å². The second kappa shape index (κ2) is 3.35. The maximum Gasteiger partial charge on any atom is 0.0768 e. The van der Waals surface area contributed by atoms with Gasteiger partial charge in [-0.2, -0.15) is 0 Å². The minimum atomic E-state index is 0.304. The molecule has 0 radical (unpaired) electrons. The zero-order chi connectivity index (χ0) is 9.43. The third-order valence-electron chi connectivity index (χ3n) is 3.93. The average molecular weight is 193 g/mol. The van der Waals surface area contributed by atoms with Crippen molar-refractivity contribution in [2.45, 2.75) is 50.2 Å². The number of nitrogens with one attached hydrogen (secondary N) is 1. The Balaban J connectivity index is 1.63. The molecule has 3 fully saturated rings. The first-order valence-corrected chi connectivity index (χ1v) is 5.94. The van der Waals surface area contributed by atoms with Gasteiger partial charge in [-0.25, -0.2) is 0 Å². The molecule has 2 aliphatic heterocycles. The van der Waals surface area contributed by atoms with Crippen molar-refractivity contribution in [2.75, 3.05) is 13.1 Å². The summed E-state index contributed by atoms with van der Waals surface area (Å²) in [5.41, 5.74) is 1.85. The van der Waals surface area contributed by atoms with Crippen LogP contribution in [0, 0.1) is 0 Å². The van der Waals surface area contributed by atoms with E-state index in [2.05, 4.69) is 11.4 Å². The molecule has 78 valence electrons. The number of hydrogen-bond acceptors (Lipinski definition) is 2. The Bertz CT molecular complexity index is 247. The Morgan fingerprint density at radius 1 is 1.21 bits per heavy atom. The van der Waals surface area contributed by atoms with Gasteiger partial charge in [0.15, 0.2) is 0 Å². The summed E-state index contributed by atoms with van der Waals surface area (Å²) in [6.07, 6.45) is 10.7. The summed E-state index contributed by atoms with van der Waals surface area (Å²) in [7, 11) is 0. The highest BCUT2D eigenvalue weighted by molar-refractivity contribution is 5.17. The Morgan fingerprint density at radius 2 is 2.00 bits per heavy atom. The fraction of sp³-hybridized carbons (Fsp3) is 0.833. The van der Waals surface area contributed by atoms with Crippen LogP contribution >= 0.6 is 0 Å². The molecule has 2 heteroatoms. The van der Waals surface area contributed by atoms with Crippen molar-refractivity contribution in [3.63, 3.8) is 0 Å². The molecule has 0 aromatic carbocycles. The third-order valence-corrected chi connectivity index (χ3v) is 3.93. The molecule has 0 bridgehead atoms. The van der Waals surface area contributed by atoms with E-state index in [-0.39, 0.29) is 0 Å². The van der Waals surface area contributed by atoms with Gasteiger partial charge in [0, 0.05) is 13.1 Å². The maximum atomic E-state index is 6.21. The molecule has 2 nitrogen and oxygen atoms in total. The number of ether oxygens (including phenoxy) is 1. The quantitative estimate of drug-likeness (QED) is 0.643. The van der Waals surface area contributed by atoms with Crippen LogP contribution < -0.4 is 5.32 Å². The lowest BCUT2D eigenvalue weighted by Gasteiger charge is -2.24. The summed E-state index contributed by atoms with van der Waals surface area (Å²) < 4.78 is 6.21. The molecule has 0 aromatic rings. The Hall–Kier alpha value is -0.340. The smallest absolute Gasteiger partial charge is 0.0768 e. The van der Waals surface area contributed by atoms with Crippen LogP contribution in [0.4, 0.5) is 0 Å². The summed E-state index contributed by atoms with van der Waals surface area (Å²) in [4.78, 5) is 0. The highest BCUT2D eigenvalue weighted by Crippen LogP contribution is 2.43. The molecule has 14 heavy (non-hydrogen) atoms. The lowest BCUT2D eigenvalue weighted by molar-refractivity contribution is -0.0183. The largest absolute Gasteiger partial charge is 0.368 e. The zero-order valence-electron chi connectivity index (χ0n) is 8.72. The minimum Gasteiger partial charge on any atom is -0.368 e. The van der Waals surface area contributed by atoms with Crippen LogP contribution in [0.5, 0.6) is 0 Å². The highest BCUT2D eigenvalue weighted by atomic mass is 16.5. The molecular formula is C12H19NO. The van der Waals surface area contributed by atoms with Crippen LogP contribution in [-0.2, 0) is 4.74 Å². The second-order valence-corrected chi connectivity index (χ2v) is 5.01. The minimum absolute atomic E-state index is 0.304. The normalized spacial score (nSPS) is 34.9. The molecule has 3 aliphatic rings. The van der Waals surface area contributed by atoms with Crippen LogP contribution in [0.1, 0.15) is 38.5 Å². The van der Waals surface area contributed by atoms with E-state index in [9.17, 15) is 0 Å².